The monoisotopic (exact) mass is 271 g/mol. The number of benzene rings is 1. The van der Waals surface area contributed by atoms with Gasteiger partial charge < -0.3 is 15.8 Å². The van der Waals surface area contributed by atoms with Crippen molar-refractivity contribution in [2.75, 3.05) is 12.8 Å². The summed E-state index contributed by atoms with van der Waals surface area (Å²) < 4.78 is 5.29. The lowest BCUT2D eigenvalue weighted by atomic mass is 10.1. The molecular formula is C15H17N3O2. The number of nitrogens with one attached hydrogen (secondary N) is 1. The maximum Gasteiger partial charge on any atom is 0.270 e. The maximum absolute atomic E-state index is 12.1. The Kier molecular flexibility index (Phi) is 4.20. The summed E-state index contributed by atoms with van der Waals surface area (Å²) in [5.74, 6) is 0.494. The van der Waals surface area contributed by atoms with Crippen LogP contribution in [0.3, 0.4) is 0 Å². The van der Waals surface area contributed by atoms with E-state index in [1.165, 1.54) is 6.20 Å². The number of hydrogen-bond donors (Lipinski definition) is 2. The van der Waals surface area contributed by atoms with Crippen molar-refractivity contribution in [3.8, 4) is 5.75 Å². The van der Waals surface area contributed by atoms with Crippen LogP contribution in [0.4, 0.5) is 5.69 Å². The van der Waals surface area contributed by atoms with Gasteiger partial charge in [-0.2, -0.15) is 0 Å². The number of rotatable bonds is 4. The number of carbonyl (C=O) groups excluding carboxylic acids is 1. The van der Waals surface area contributed by atoms with Gasteiger partial charge in [-0.3, -0.25) is 4.79 Å². The third-order valence-corrected chi connectivity index (χ3v) is 2.97. The van der Waals surface area contributed by atoms with Crippen molar-refractivity contribution in [2.24, 2.45) is 0 Å². The summed E-state index contributed by atoms with van der Waals surface area (Å²) in [6.07, 6.45) is 1.46. The molecule has 1 aromatic carbocycles. The first kappa shape index (κ1) is 13.9. The number of anilines is 1. The van der Waals surface area contributed by atoms with Gasteiger partial charge in [-0.25, -0.2) is 4.98 Å². The SMILES string of the molecule is COc1ccccc1[C@H](C)NC(=O)c1ccc(N)cn1. The van der Waals surface area contributed by atoms with E-state index < -0.39 is 0 Å². The van der Waals surface area contributed by atoms with Crippen LogP contribution in [0.1, 0.15) is 29.0 Å². The number of amides is 1. The number of ether oxygens (including phenoxy) is 1. The summed E-state index contributed by atoms with van der Waals surface area (Å²) in [5.41, 5.74) is 7.32. The van der Waals surface area contributed by atoms with Crippen LogP contribution in [-0.2, 0) is 0 Å². The Bertz CT molecular complexity index is 596. The molecule has 2 rings (SSSR count). The Hall–Kier alpha value is -2.56. The molecule has 0 saturated carbocycles. The van der Waals surface area contributed by atoms with Gasteiger partial charge in [0.25, 0.3) is 5.91 Å². The Labute approximate surface area is 117 Å². The van der Waals surface area contributed by atoms with Gasteiger partial charge >= 0.3 is 0 Å². The molecule has 0 aliphatic heterocycles. The second-order valence-corrected chi connectivity index (χ2v) is 4.41. The maximum atomic E-state index is 12.1. The molecule has 3 N–H and O–H groups in total. The lowest BCUT2D eigenvalue weighted by molar-refractivity contribution is 0.0934. The van der Waals surface area contributed by atoms with Gasteiger partial charge in [0, 0.05) is 5.56 Å². The van der Waals surface area contributed by atoms with Crippen LogP contribution in [0, 0.1) is 0 Å². The minimum atomic E-state index is -0.247. The molecule has 0 fully saturated rings. The molecule has 0 radical (unpaired) electrons. The van der Waals surface area contributed by atoms with E-state index in [0.717, 1.165) is 11.3 Å². The minimum absolute atomic E-state index is 0.182. The van der Waals surface area contributed by atoms with E-state index in [-0.39, 0.29) is 11.9 Å². The average Bonchev–Trinajstić information content (AvgIpc) is 2.47. The highest BCUT2D eigenvalue weighted by Crippen LogP contribution is 2.24. The highest BCUT2D eigenvalue weighted by molar-refractivity contribution is 5.92. The standard InChI is InChI=1S/C15H17N3O2/c1-10(12-5-3-4-6-14(12)20-2)18-15(19)13-8-7-11(16)9-17-13/h3-10H,16H2,1-2H3,(H,18,19)/t10-/m0/s1. The molecule has 0 spiro atoms. The Morgan fingerprint density at radius 1 is 1.30 bits per heavy atom. The number of nitrogens with zero attached hydrogens (tertiary/aromatic N) is 1. The molecule has 2 aromatic rings. The van der Waals surface area contributed by atoms with Crippen molar-refractivity contribution >= 4 is 11.6 Å². The van der Waals surface area contributed by atoms with Gasteiger partial charge in [0.15, 0.2) is 0 Å². The van der Waals surface area contributed by atoms with Crippen LogP contribution < -0.4 is 15.8 Å². The van der Waals surface area contributed by atoms with Gasteiger partial charge in [0.05, 0.1) is 25.0 Å². The fourth-order valence-corrected chi connectivity index (χ4v) is 1.91. The van der Waals surface area contributed by atoms with E-state index in [2.05, 4.69) is 10.3 Å². The highest BCUT2D eigenvalue weighted by Gasteiger charge is 2.15. The van der Waals surface area contributed by atoms with Crippen molar-refractivity contribution in [3.63, 3.8) is 0 Å². The van der Waals surface area contributed by atoms with Crippen molar-refractivity contribution in [3.05, 3.63) is 53.9 Å². The predicted octanol–water partition coefficient (Wildman–Crippen LogP) is 2.16. The number of nitrogen functional groups attached to an aromatic ring is 1. The van der Waals surface area contributed by atoms with Gasteiger partial charge in [-0.05, 0) is 25.1 Å². The van der Waals surface area contributed by atoms with Crippen LogP contribution in [0.2, 0.25) is 0 Å². The smallest absolute Gasteiger partial charge is 0.270 e. The lowest BCUT2D eigenvalue weighted by Gasteiger charge is -2.17. The van der Waals surface area contributed by atoms with Crippen molar-refractivity contribution in [2.45, 2.75) is 13.0 Å². The number of nitrogens with two attached hydrogens (primary N) is 1. The van der Waals surface area contributed by atoms with Crippen LogP contribution in [0.5, 0.6) is 5.75 Å². The van der Waals surface area contributed by atoms with Gasteiger partial charge in [-0.1, -0.05) is 18.2 Å². The van der Waals surface area contributed by atoms with Crippen molar-refractivity contribution in [1.82, 2.24) is 10.3 Å². The fraction of sp³-hybridized carbons (Fsp3) is 0.200. The summed E-state index contributed by atoms with van der Waals surface area (Å²) >= 11 is 0. The lowest BCUT2D eigenvalue weighted by Crippen LogP contribution is -2.27. The van der Waals surface area contributed by atoms with Crippen LogP contribution in [-0.4, -0.2) is 18.0 Å². The van der Waals surface area contributed by atoms with Crippen molar-refractivity contribution < 1.29 is 9.53 Å². The molecule has 1 amide bonds. The van der Waals surface area contributed by atoms with Gasteiger partial charge in [-0.15, -0.1) is 0 Å². The Morgan fingerprint density at radius 3 is 2.70 bits per heavy atom. The topological polar surface area (TPSA) is 77.2 Å². The number of hydrogen-bond acceptors (Lipinski definition) is 4. The average molecular weight is 271 g/mol. The Morgan fingerprint density at radius 2 is 2.05 bits per heavy atom. The molecule has 0 aliphatic carbocycles. The summed E-state index contributed by atoms with van der Waals surface area (Å²) in [4.78, 5) is 16.1. The van der Waals surface area contributed by atoms with E-state index >= 15 is 0 Å². The number of methoxy groups -OCH3 is 1. The third-order valence-electron chi connectivity index (χ3n) is 2.97. The molecule has 1 heterocycles. The number of carbonyl (C=O) groups is 1. The minimum Gasteiger partial charge on any atom is -0.496 e. The third kappa shape index (κ3) is 3.06. The first-order valence-electron chi connectivity index (χ1n) is 6.27. The zero-order valence-electron chi connectivity index (χ0n) is 11.5. The quantitative estimate of drug-likeness (QED) is 0.893. The number of pyridine rings is 1. The van der Waals surface area contributed by atoms with E-state index in [4.69, 9.17) is 10.5 Å². The first-order chi connectivity index (χ1) is 9.61. The molecular weight excluding hydrogens is 254 g/mol. The van der Waals surface area contributed by atoms with Crippen LogP contribution in [0.25, 0.3) is 0 Å². The van der Waals surface area contributed by atoms with E-state index in [0.29, 0.717) is 11.4 Å². The number of para-hydroxylation sites is 1. The predicted molar refractivity (Wildman–Crippen MR) is 77.5 cm³/mol. The van der Waals surface area contributed by atoms with E-state index in [1.54, 1.807) is 19.2 Å². The summed E-state index contributed by atoms with van der Waals surface area (Å²) in [6.45, 7) is 1.90. The fourth-order valence-electron chi connectivity index (χ4n) is 1.91. The normalized spacial score (nSPS) is 11.7. The molecule has 0 saturated heterocycles. The zero-order chi connectivity index (χ0) is 14.5. The van der Waals surface area contributed by atoms with E-state index in [1.807, 2.05) is 31.2 Å². The molecule has 0 bridgehead atoms. The second-order valence-electron chi connectivity index (χ2n) is 4.41. The summed E-state index contributed by atoms with van der Waals surface area (Å²) in [6, 6.07) is 10.6. The molecule has 5 heteroatoms. The molecule has 1 atom stereocenters. The highest BCUT2D eigenvalue weighted by atomic mass is 16.5. The molecule has 0 unspecified atom stereocenters. The molecule has 0 aliphatic rings. The van der Waals surface area contributed by atoms with Gasteiger partial charge in [0.1, 0.15) is 11.4 Å². The molecule has 20 heavy (non-hydrogen) atoms. The molecule has 5 nitrogen and oxygen atoms in total. The van der Waals surface area contributed by atoms with Crippen molar-refractivity contribution in [1.29, 1.82) is 0 Å². The first-order valence-corrected chi connectivity index (χ1v) is 6.27. The second kappa shape index (κ2) is 6.06. The molecule has 1 aromatic heterocycles. The van der Waals surface area contributed by atoms with Crippen LogP contribution in [0.15, 0.2) is 42.6 Å². The zero-order valence-corrected chi connectivity index (χ0v) is 11.5. The van der Waals surface area contributed by atoms with Crippen LogP contribution >= 0.6 is 0 Å². The summed E-state index contributed by atoms with van der Waals surface area (Å²) in [7, 11) is 1.61. The van der Waals surface area contributed by atoms with Gasteiger partial charge in [0.2, 0.25) is 0 Å². The van der Waals surface area contributed by atoms with E-state index in [9.17, 15) is 4.79 Å². The largest absolute Gasteiger partial charge is 0.496 e. The summed E-state index contributed by atoms with van der Waals surface area (Å²) in [5, 5.41) is 2.88. The number of aromatic nitrogens is 1. The Balaban J connectivity index is 2.13. The molecule has 104 valence electrons.